The Morgan fingerprint density at radius 2 is 2.19 bits per heavy atom. The van der Waals surface area contributed by atoms with Crippen molar-refractivity contribution < 1.29 is 14.3 Å². The fourth-order valence-corrected chi connectivity index (χ4v) is 2.01. The third-order valence-corrected chi connectivity index (χ3v) is 3.41. The number of rotatable bonds is 7. The highest BCUT2D eigenvalue weighted by molar-refractivity contribution is 6.30. The molecule has 0 heterocycles. The summed E-state index contributed by atoms with van der Waals surface area (Å²) in [5.74, 6) is -0.698. The van der Waals surface area contributed by atoms with Crippen LogP contribution in [0.3, 0.4) is 0 Å². The number of halogens is 2. The molecule has 0 bridgehead atoms. The van der Waals surface area contributed by atoms with Crippen LogP contribution >= 0.6 is 11.6 Å². The van der Waals surface area contributed by atoms with Crippen molar-refractivity contribution >= 4 is 23.6 Å². The second-order valence-electron chi connectivity index (χ2n) is 5.72. The van der Waals surface area contributed by atoms with Gasteiger partial charge in [-0.05, 0) is 42.0 Å². The first kappa shape index (κ1) is 17.7. The smallest absolute Gasteiger partial charge is 0.244 e. The Morgan fingerprint density at radius 3 is 2.81 bits per heavy atom. The molecule has 5 heteroatoms. The van der Waals surface area contributed by atoms with E-state index in [1.807, 2.05) is 13.8 Å². The predicted molar refractivity (Wildman–Crippen MR) is 83.6 cm³/mol. The van der Waals surface area contributed by atoms with E-state index < -0.39 is 5.82 Å². The summed E-state index contributed by atoms with van der Waals surface area (Å²) in [6.45, 7) is 4.75. The Morgan fingerprint density at radius 1 is 1.48 bits per heavy atom. The van der Waals surface area contributed by atoms with Gasteiger partial charge in [0.1, 0.15) is 5.82 Å². The summed E-state index contributed by atoms with van der Waals surface area (Å²) in [4.78, 5) is 11.7. The second-order valence-corrected chi connectivity index (χ2v) is 6.12. The third kappa shape index (κ3) is 6.74. The summed E-state index contributed by atoms with van der Waals surface area (Å²) in [6.07, 6.45) is 4.53. The third-order valence-electron chi connectivity index (χ3n) is 3.12. The zero-order valence-electron chi connectivity index (χ0n) is 12.3. The number of benzene rings is 1. The monoisotopic (exact) mass is 313 g/mol. The van der Waals surface area contributed by atoms with Crippen molar-refractivity contribution in [2.45, 2.75) is 26.7 Å². The normalized spacial score (nSPS) is 11.9. The van der Waals surface area contributed by atoms with Crippen LogP contribution in [0.2, 0.25) is 5.02 Å². The Labute approximate surface area is 129 Å². The maximum atomic E-state index is 13.0. The highest BCUT2D eigenvalue weighted by Gasteiger charge is 2.17. The van der Waals surface area contributed by atoms with Crippen molar-refractivity contribution in [2.24, 2.45) is 5.41 Å². The lowest BCUT2D eigenvalue weighted by atomic mass is 9.88. The number of carbonyl (C=O) groups excluding carboxylic acids is 1. The molecule has 0 aliphatic heterocycles. The molecule has 0 radical (unpaired) electrons. The van der Waals surface area contributed by atoms with E-state index in [-0.39, 0.29) is 23.0 Å². The van der Waals surface area contributed by atoms with Crippen LogP contribution in [0.15, 0.2) is 24.3 Å². The summed E-state index contributed by atoms with van der Waals surface area (Å²) in [6, 6.07) is 4.28. The van der Waals surface area contributed by atoms with Gasteiger partial charge in [-0.3, -0.25) is 4.79 Å². The fourth-order valence-electron chi connectivity index (χ4n) is 1.82. The number of nitrogens with one attached hydrogen (secondary N) is 1. The maximum Gasteiger partial charge on any atom is 0.244 e. The second kappa shape index (κ2) is 8.15. The van der Waals surface area contributed by atoms with Crippen LogP contribution in [-0.4, -0.2) is 24.2 Å². The Balaban J connectivity index is 2.49. The van der Waals surface area contributed by atoms with Crippen molar-refractivity contribution in [2.75, 3.05) is 13.2 Å². The average molecular weight is 314 g/mol. The number of carbonyl (C=O) groups is 1. The molecule has 0 fully saturated rings. The Hall–Kier alpha value is -1.39. The minimum Gasteiger partial charge on any atom is -0.396 e. The van der Waals surface area contributed by atoms with Crippen molar-refractivity contribution in [3.8, 4) is 0 Å². The van der Waals surface area contributed by atoms with Gasteiger partial charge in [0.2, 0.25) is 5.91 Å². The zero-order chi connectivity index (χ0) is 15.9. The van der Waals surface area contributed by atoms with Crippen LogP contribution in [0.5, 0.6) is 0 Å². The number of amides is 1. The number of hydrogen-bond donors (Lipinski definition) is 2. The lowest BCUT2D eigenvalue weighted by Crippen LogP contribution is -2.33. The van der Waals surface area contributed by atoms with Crippen molar-refractivity contribution in [1.29, 1.82) is 0 Å². The highest BCUT2D eigenvalue weighted by Crippen LogP contribution is 2.20. The average Bonchev–Trinajstić information content (AvgIpc) is 2.44. The lowest BCUT2D eigenvalue weighted by Gasteiger charge is -2.24. The van der Waals surface area contributed by atoms with Gasteiger partial charge in [0.25, 0.3) is 0 Å². The fraction of sp³-hybridized carbons (Fsp3) is 0.438. The lowest BCUT2D eigenvalue weighted by molar-refractivity contribution is -0.116. The first-order valence-corrected chi connectivity index (χ1v) is 7.24. The van der Waals surface area contributed by atoms with E-state index in [1.54, 1.807) is 12.1 Å². The Kier molecular flexibility index (Phi) is 6.85. The van der Waals surface area contributed by atoms with Gasteiger partial charge in [-0.25, -0.2) is 4.39 Å². The first-order valence-electron chi connectivity index (χ1n) is 6.86. The molecule has 1 rings (SSSR count). The van der Waals surface area contributed by atoms with E-state index in [9.17, 15) is 9.18 Å². The summed E-state index contributed by atoms with van der Waals surface area (Å²) >= 11 is 5.67. The van der Waals surface area contributed by atoms with Crippen LogP contribution < -0.4 is 5.32 Å². The molecule has 0 saturated heterocycles. The molecule has 1 aromatic carbocycles. The van der Waals surface area contributed by atoms with Crippen molar-refractivity contribution in [3.05, 3.63) is 40.7 Å². The van der Waals surface area contributed by atoms with E-state index in [1.165, 1.54) is 18.2 Å². The summed E-state index contributed by atoms with van der Waals surface area (Å²) in [5.41, 5.74) is 0.599. The molecule has 1 aromatic rings. The van der Waals surface area contributed by atoms with Crippen molar-refractivity contribution in [1.82, 2.24) is 5.32 Å². The van der Waals surface area contributed by atoms with Gasteiger partial charge in [0.05, 0.1) is 5.02 Å². The number of hydrogen-bond acceptors (Lipinski definition) is 2. The van der Waals surface area contributed by atoms with Gasteiger partial charge in [-0.1, -0.05) is 31.5 Å². The van der Waals surface area contributed by atoms with Crippen LogP contribution in [0, 0.1) is 11.2 Å². The highest BCUT2D eigenvalue weighted by atomic mass is 35.5. The Bertz CT molecular complexity index is 515. The van der Waals surface area contributed by atoms with E-state index in [4.69, 9.17) is 16.7 Å². The van der Waals surface area contributed by atoms with E-state index in [2.05, 4.69) is 5.32 Å². The molecule has 0 spiro atoms. The molecule has 0 unspecified atom stereocenters. The summed E-state index contributed by atoms with van der Waals surface area (Å²) in [7, 11) is 0. The molecule has 0 aliphatic carbocycles. The number of aliphatic hydroxyl groups excluding tert-OH is 1. The molecule has 0 aromatic heterocycles. The van der Waals surface area contributed by atoms with Gasteiger partial charge in [-0.2, -0.15) is 0 Å². The van der Waals surface area contributed by atoms with Gasteiger partial charge >= 0.3 is 0 Å². The van der Waals surface area contributed by atoms with Crippen LogP contribution in [0.4, 0.5) is 4.39 Å². The van der Waals surface area contributed by atoms with Gasteiger partial charge in [0, 0.05) is 19.2 Å². The van der Waals surface area contributed by atoms with E-state index in [0.717, 1.165) is 6.42 Å². The quantitative estimate of drug-likeness (QED) is 0.758. The molecule has 116 valence electrons. The molecule has 2 N–H and O–H groups in total. The molecular weight excluding hydrogens is 293 g/mol. The summed E-state index contributed by atoms with van der Waals surface area (Å²) < 4.78 is 13.0. The SMILES string of the molecule is CC(C)(CCCO)CNC(=O)/C=C/c1ccc(F)c(Cl)c1. The standard InChI is InChI=1S/C16H21ClFNO2/c1-16(2,8-3-9-20)11-19-15(21)7-5-12-4-6-14(18)13(17)10-12/h4-7,10,20H,3,8-9,11H2,1-2H3,(H,19,21)/b7-5+. The maximum absolute atomic E-state index is 13.0. The van der Waals surface area contributed by atoms with Crippen molar-refractivity contribution in [3.63, 3.8) is 0 Å². The molecule has 21 heavy (non-hydrogen) atoms. The molecule has 0 saturated carbocycles. The molecular formula is C16H21ClFNO2. The predicted octanol–water partition coefficient (Wildman–Crippen LogP) is 3.41. The molecule has 3 nitrogen and oxygen atoms in total. The van der Waals surface area contributed by atoms with Gasteiger partial charge < -0.3 is 10.4 Å². The number of aliphatic hydroxyl groups is 1. The minimum atomic E-state index is -0.482. The minimum absolute atomic E-state index is 0.0303. The van der Waals surface area contributed by atoms with Gasteiger partial charge in [0.15, 0.2) is 0 Å². The van der Waals surface area contributed by atoms with Crippen LogP contribution in [-0.2, 0) is 4.79 Å². The summed E-state index contributed by atoms with van der Waals surface area (Å²) in [5, 5.41) is 11.7. The van der Waals surface area contributed by atoms with E-state index >= 15 is 0 Å². The zero-order valence-corrected chi connectivity index (χ0v) is 13.1. The first-order chi connectivity index (χ1) is 9.84. The largest absolute Gasteiger partial charge is 0.396 e. The molecule has 0 atom stereocenters. The van der Waals surface area contributed by atoms with E-state index in [0.29, 0.717) is 18.5 Å². The van der Waals surface area contributed by atoms with Crippen LogP contribution in [0.1, 0.15) is 32.3 Å². The topological polar surface area (TPSA) is 49.3 Å². The van der Waals surface area contributed by atoms with Crippen LogP contribution in [0.25, 0.3) is 6.08 Å². The molecule has 0 aliphatic rings. The van der Waals surface area contributed by atoms with Gasteiger partial charge in [-0.15, -0.1) is 0 Å². The molecule has 1 amide bonds.